The second-order valence-corrected chi connectivity index (χ2v) is 6.03. The van der Waals surface area contributed by atoms with Crippen LogP contribution in [0.1, 0.15) is 21.5 Å². The summed E-state index contributed by atoms with van der Waals surface area (Å²) in [5.41, 5.74) is 2.86. The number of benzene rings is 2. The Morgan fingerprint density at radius 3 is 2.32 bits per heavy atom. The van der Waals surface area contributed by atoms with Crippen LogP contribution in [0.25, 0.3) is 0 Å². The Kier molecular flexibility index (Phi) is 4.77. The molecule has 0 aliphatic carbocycles. The van der Waals surface area contributed by atoms with Crippen LogP contribution in [0.4, 0.5) is 0 Å². The molecule has 2 aromatic rings. The number of ketones is 1. The molecule has 2 nitrogen and oxygen atoms in total. The van der Waals surface area contributed by atoms with Crippen LogP contribution >= 0.6 is 0 Å². The SMILES string of the molecule is Cc1ccc(C(=O)C[S+](O)Cc2ccccc2)cc1. The third-order valence-corrected chi connectivity index (χ3v) is 4.11. The number of hydrogen-bond donors (Lipinski definition) is 1. The molecule has 0 aromatic heterocycles. The van der Waals surface area contributed by atoms with Crippen molar-refractivity contribution in [3.63, 3.8) is 0 Å². The fraction of sp³-hybridized carbons (Fsp3) is 0.188. The molecule has 0 saturated carbocycles. The lowest BCUT2D eigenvalue weighted by molar-refractivity contribution is 0.102. The second-order valence-electron chi connectivity index (χ2n) is 4.53. The molecule has 1 N–H and O–H groups in total. The minimum Gasteiger partial charge on any atom is -0.289 e. The Balaban J connectivity index is 1.93. The zero-order valence-corrected chi connectivity index (χ0v) is 11.7. The fourth-order valence-electron chi connectivity index (χ4n) is 1.79. The topological polar surface area (TPSA) is 37.3 Å². The first-order valence-electron chi connectivity index (χ1n) is 6.15. The van der Waals surface area contributed by atoms with Crippen molar-refractivity contribution in [3.05, 3.63) is 71.3 Å². The van der Waals surface area contributed by atoms with Crippen molar-refractivity contribution in [2.24, 2.45) is 0 Å². The van der Waals surface area contributed by atoms with Crippen LogP contribution in [0.3, 0.4) is 0 Å². The van der Waals surface area contributed by atoms with Crippen LogP contribution in [0.5, 0.6) is 0 Å². The Hall–Kier alpha value is -1.58. The summed E-state index contributed by atoms with van der Waals surface area (Å²) in [5, 5.41) is 0. The van der Waals surface area contributed by atoms with E-state index in [4.69, 9.17) is 0 Å². The predicted molar refractivity (Wildman–Crippen MR) is 80.5 cm³/mol. The Morgan fingerprint density at radius 2 is 1.68 bits per heavy atom. The van der Waals surface area contributed by atoms with Crippen molar-refractivity contribution in [2.45, 2.75) is 12.7 Å². The van der Waals surface area contributed by atoms with Gasteiger partial charge in [0.05, 0.1) is 0 Å². The molecule has 0 radical (unpaired) electrons. The summed E-state index contributed by atoms with van der Waals surface area (Å²) < 4.78 is 10.00. The molecule has 2 aromatic carbocycles. The largest absolute Gasteiger partial charge is 0.289 e. The maximum atomic E-state index is 12.0. The predicted octanol–water partition coefficient (Wildman–Crippen LogP) is 3.47. The molecule has 0 spiro atoms. The average molecular weight is 273 g/mol. The molecule has 0 aliphatic heterocycles. The molecule has 0 fully saturated rings. The van der Waals surface area contributed by atoms with Gasteiger partial charge in [0.25, 0.3) is 0 Å². The second kappa shape index (κ2) is 6.55. The van der Waals surface area contributed by atoms with E-state index in [9.17, 15) is 9.35 Å². The Labute approximate surface area is 116 Å². The van der Waals surface area contributed by atoms with E-state index in [1.165, 1.54) is 0 Å². The highest BCUT2D eigenvalue weighted by Crippen LogP contribution is 2.10. The number of aryl methyl sites for hydroxylation is 1. The molecule has 0 bridgehead atoms. The highest BCUT2D eigenvalue weighted by Gasteiger charge is 2.22. The van der Waals surface area contributed by atoms with Gasteiger partial charge in [-0.3, -0.25) is 4.79 Å². The van der Waals surface area contributed by atoms with E-state index in [0.717, 1.165) is 11.1 Å². The molecule has 1 atom stereocenters. The minimum atomic E-state index is -0.906. The smallest absolute Gasteiger partial charge is 0.215 e. The van der Waals surface area contributed by atoms with Crippen molar-refractivity contribution >= 4 is 17.0 Å². The van der Waals surface area contributed by atoms with Crippen molar-refractivity contribution in [2.75, 3.05) is 5.75 Å². The van der Waals surface area contributed by atoms with Gasteiger partial charge < -0.3 is 0 Å². The molecular weight excluding hydrogens is 256 g/mol. The summed E-state index contributed by atoms with van der Waals surface area (Å²) in [7, 11) is 0. The molecule has 98 valence electrons. The molecule has 2 rings (SSSR count). The summed E-state index contributed by atoms with van der Waals surface area (Å²) >= 11 is -0.906. The third kappa shape index (κ3) is 4.23. The van der Waals surface area contributed by atoms with E-state index in [1.807, 2.05) is 61.5 Å². The zero-order chi connectivity index (χ0) is 13.7. The van der Waals surface area contributed by atoms with Gasteiger partial charge in [-0.05, 0) is 6.92 Å². The minimum absolute atomic E-state index is 0.00163. The van der Waals surface area contributed by atoms with Gasteiger partial charge in [-0.25, -0.2) is 0 Å². The average Bonchev–Trinajstić information content (AvgIpc) is 2.40. The standard InChI is InChI=1S/C16H17O2S/c1-13-7-9-15(10-8-13)16(17)12-19(18)11-14-5-3-2-4-6-14/h2-10,18H,11-12H2,1H3/q+1. The number of Topliss-reactive ketones (excluding diaryl/α,β-unsaturated/α-hetero) is 1. The summed E-state index contributed by atoms with van der Waals surface area (Å²) in [6, 6.07) is 17.2. The van der Waals surface area contributed by atoms with E-state index in [2.05, 4.69) is 0 Å². The highest BCUT2D eigenvalue weighted by molar-refractivity contribution is 7.91. The van der Waals surface area contributed by atoms with Crippen molar-refractivity contribution in [3.8, 4) is 0 Å². The van der Waals surface area contributed by atoms with Crippen LogP contribution in [-0.2, 0) is 16.9 Å². The van der Waals surface area contributed by atoms with E-state index >= 15 is 0 Å². The van der Waals surface area contributed by atoms with Gasteiger partial charge in [0.15, 0.2) is 16.9 Å². The van der Waals surface area contributed by atoms with Crippen LogP contribution in [0.15, 0.2) is 54.6 Å². The summed E-state index contributed by atoms with van der Waals surface area (Å²) in [5.74, 6) is 0.734. The maximum absolute atomic E-state index is 12.0. The zero-order valence-electron chi connectivity index (χ0n) is 10.9. The molecule has 0 amide bonds. The Morgan fingerprint density at radius 1 is 1.05 bits per heavy atom. The maximum Gasteiger partial charge on any atom is 0.215 e. The quantitative estimate of drug-likeness (QED) is 0.669. The van der Waals surface area contributed by atoms with Gasteiger partial charge in [0.2, 0.25) is 11.5 Å². The number of rotatable bonds is 5. The fourth-order valence-corrected chi connectivity index (χ4v) is 2.94. The lowest BCUT2D eigenvalue weighted by Gasteiger charge is -2.02. The van der Waals surface area contributed by atoms with E-state index in [1.54, 1.807) is 0 Å². The summed E-state index contributed by atoms with van der Waals surface area (Å²) in [6.07, 6.45) is 0. The first kappa shape index (κ1) is 13.8. The van der Waals surface area contributed by atoms with Gasteiger partial charge in [0.1, 0.15) is 0 Å². The van der Waals surface area contributed by atoms with Gasteiger partial charge in [-0.2, -0.15) is 4.55 Å². The molecule has 0 aliphatic rings. The summed E-state index contributed by atoms with van der Waals surface area (Å²) in [4.78, 5) is 12.0. The Bertz CT molecular complexity index is 534. The highest BCUT2D eigenvalue weighted by atomic mass is 32.2. The van der Waals surface area contributed by atoms with E-state index < -0.39 is 11.2 Å². The van der Waals surface area contributed by atoms with Crippen molar-refractivity contribution in [1.82, 2.24) is 0 Å². The molecule has 19 heavy (non-hydrogen) atoms. The van der Waals surface area contributed by atoms with Crippen molar-refractivity contribution in [1.29, 1.82) is 0 Å². The van der Waals surface area contributed by atoms with Crippen LogP contribution in [0.2, 0.25) is 0 Å². The number of carbonyl (C=O) groups is 1. The molecule has 0 saturated heterocycles. The van der Waals surface area contributed by atoms with Crippen LogP contribution in [0, 0.1) is 6.92 Å². The first-order chi connectivity index (χ1) is 9.15. The molecule has 3 heteroatoms. The van der Waals surface area contributed by atoms with Crippen LogP contribution < -0.4 is 0 Å². The van der Waals surface area contributed by atoms with Gasteiger partial charge in [-0.1, -0.05) is 60.2 Å². The monoisotopic (exact) mass is 273 g/mol. The molecule has 1 unspecified atom stereocenters. The summed E-state index contributed by atoms with van der Waals surface area (Å²) in [6.45, 7) is 1.99. The van der Waals surface area contributed by atoms with Gasteiger partial charge >= 0.3 is 0 Å². The van der Waals surface area contributed by atoms with Gasteiger partial charge in [0, 0.05) is 11.1 Å². The van der Waals surface area contributed by atoms with E-state index in [0.29, 0.717) is 11.3 Å². The van der Waals surface area contributed by atoms with Gasteiger partial charge in [-0.15, -0.1) is 0 Å². The van der Waals surface area contributed by atoms with Crippen molar-refractivity contribution < 1.29 is 9.35 Å². The molecular formula is C16H17O2S+. The van der Waals surface area contributed by atoms with Crippen LogP contribution in [-0.4, -0.2) is 16.1 Å². The number of carbonyl (C=O) groups excluding carboxylic acids is 1. The lowest BCUT2D eigenvalue weighted by atomic mass is 10.1. The first-order valence-corrected chi connectivity index (χ1v) is 7.67. The van der Waals surface area contributed by atoms with E-state index in [-0.39, 0.29) is 11.5 Å². The lowest BCUT2D eigenvalue weighted by Crippen LogP contribution is -2.17. The number of hydrogen-bond acceptors (Lipinski definition) is 2. The molecule has 0 heterocycles. The normalized spacial score (nSPS) is 12.1. The third-order valence-electron chi connectivity index (χ3n) is 2.85.